The Morgan fingerprint density at radius 3 is 2.62 bits per heavy atom. The van der Waals surface area contributed by atoms with Crippen molar-refractivity contribution >= 4 is 5.78 Å². The number of carbonyl (C=O) groups excluding carboxylic acids is 1. The standard InChI is InChI=1S/C12H18O/c1-9-3-5-10(6-4-9)12(2)8-7-11(12)13/h3,10H,4-8H2,1-2H3/t10-,12-/m0/s1. The number of carbonyl (C=O) groups is 1. The van der Waals surface area contributed by atoms with E-state index in [0.717, 1.165) is 19.3 Å². The molecule has 0 heterocycles. The lowest BCUT2D eigenvalue weighted by Gasteiger charge is -2.44. The molecule has 1 heteroatoms. The highest BCUT2D eigenvalue weighted by Crippen LogP contribution is 2.48. The second-order valence-electron chi connectivity index (χ2n) is 4.86. The maximum atomic E-state index is 11.5. The minimum absolute atomic E-state index is 0.0528. The van der Waals surface area contributed by atoms with Gasteiger partial charge in [0.1, 0.15) is 5.78 Å². The van der Waals surface area contributed by atoms with Crippen LogP contribution in [0.25, 0.3) is 0 Å². The van der Waals surface area contributed by atoms with Crippen molar-refractivity contribution in [1.82, 2.24) is 0 Å². The highest BCUT2D eigenvalue weighted by atomic mass is 16.1. The summed E-state index contributed by atoms with van der Waals surface area (Å²) >= 11 is 0. The third kappa shape index (κ3) is 1.34. The summed E-state index contributed by atoms with van der Waals surface area (Å²) in [6.45, 7) is 4.36. The van der Waals surface area contributed by atoms with Crippen LogP contribution in [0.15, 0.2) is 11.6 Å². The van der Waals surface area contributed by atoms with Gasteiger partial charge in [-0.15, -0.1) is 0 Å². The smallest absolute Gasteiger partial charge is 0.139 e. The van der Waals surface area contributed by atoms with E-state index in [1.165, 1.54) is 18.4 Å². The van der Waals surface area contributed by atoms with Crippen molar-refractivity contribution < 1.29 is 4.79 Å². The van der Waals surface area contributed by atoms with E-state index in [-0.39, 0.29) is 5.41 Å². The molecule has 0 saturated heterocycles. The SMILES string of the molecule is CC1=CC[C@H]([C@]2(C)CCC2=O)CC1. The van der Waals surface area contributed by atoms with Gasteiger partial charge in [-0.1, -0.05) is 18.6 Å². The van der Waals surface area contributed by atoms with Gasteiger partial charge < -0.3 is 0 Å². The topological polar surface area (TPSA) is 17.1 Å². The first-order valence-electron chi connectivity index (χ1n) is 5.32. The molecule has 0 amide bonds. The first kappa shape index (κ1) is 8.98. The van der Waals surface area contributed by atoms with E-state index >= 15 is 0 Å². The Bertz CT molecular complexity index is 264. The minimum atomic E-state index is 0.0528. The molecule has 0 aliphatic heterocycles. The third-order valence-corrected chi connectivity index (χ3v) is 4.05. The second kappa shape index (κ2) is 2.97. The van der Waals surface area contributed by atoms with Gasteiger partial charge in [-0.2, -0.15) is 0 Å². The van der Waals surface area contributed by atoms with Gasteiger partial charge in [0, 0.05) is 11.8 Å². The predicted octanol–water partition coefficient (Wildman–Crippen LogP) is 3.10. The molecule has 1 saturated carbocycles. The number of ketones is 1. The molecule has 72 valence electrons. The van der Waals surface area contributed by atoms with Crippen LogP contribution in [0, 0.1) is 11.3 Å². The largest absolute Gasteiger partial charge is 0.299 e. The Morgan fingerprint density at radius 1 is 1.46 bits per heavy atom. The van der Waals surface area contributed by atoms with E-state index < -0.39 is 0 Å². The fourth-order valence-corrected chi connectivity index (χ4v) is 2.60. The summed E-state index contributed by atoms with van der Waals surface area (Å²) in [5.74, 6) is 1.14. The molecule has 0 N–H and O–H groups in total. The summed E-state index contributed by atoms with van der Waals surface area (Å²) in [7, 11) is 0. The van der Waals surface area contributed by atoms with Crippen LogP contribution in [-0.2, 0) is 4.79 Å². The molecule has 0 aromatic carbocycles. The molecule has 2 atom stereocenters. The van der Waals surface area contributed by atoms with E-state index in [1.807, 2.05) is 0 Å². The Labute approximate surface area is 80.2 Å². The Balaban J connectivity index is 2.06. The average Bonchev–Trinajstić information content (AvgIpc) is 2.15. The first-order valence-corrected chi connectivity index (χ1v) is 5.32. The highest BCUT2D eigenvalue weighted by Gasteiger charge is 2.46. The quantitative estimate of drug-likeness (QED) is 0.564. The van der Waals surface area contributed by atoms with Gasteiger partial charge in [-0.25, -0.2) is 0 Å². The lowest BCUT2D eigenvalue weighted by molar-refractivity contribution is -0.141. The first-order chi connectivity index (χ1) is 6.13. The van der Waals surface area contributed by atoms with Gasteiger partial charge in [0.2, 0.25) is 0 Å². The van der Waals surface area contributed by atoms with Crippen molar-refractivity contribution in [3.63, 3.8) is 0 Å². The van der Waals surface area contributed by atoms with Gasteiger partial charge in [-0.05, 0) is 38.5 Å². The van der Waals surface area contributed by atoms with Crippen LogP contribution < -0.4 is 0 Å². The summed E-state index contributed by atoms with van der Waals surface area (Å²) in [5, 5.41) is 0. The number of hydrogen-bond donors (Lipinski definition) is 0. The molecule has 1 nitrogen and oxygen atoms in total. The molecule has 0 spiro atoms. The summed E-state index contributed by atoms with van der Waals surface area (Å²) in [4.78, 5) is 11.5. The zero-order chi connectivity index (χ0) is 9.47. The normalized spacial score (nSPS) is 39.7. The zero-order valence-corrected chi connectivity index (χ0v) is 8.60. The van der Waals surface area contributed by atoms with E-state index in [1.54, 1.807) is 0 Å². The maximum absolute atomic E-state index is 11.5. The molecule has 2 aliphatic carbocycles. The van der Waals surface area contributed by atoms with Crippen LogP contribution in [0.3, 0.4) is 0 Å². The molecule has 2 aliphatic rings. The third-order valence-electron chi connectivity index (χ3n) is 4.05. The van der Waals surface area contributed by atoms with E-state index in [0.29, 0.717) is 11.7 Å². The molecule has 13 heavy (non-hydrogen) atoms. The highest BCUT2D eigenvalue weighted by molar-refractivity contribution is 5.90. The second-order valence-corrected chi connectivity index (χ2v) is 4.86. The monoisotopic (exact) mass is 178 g/mol. The van der Waals surface area contributed by atoms with Gasteiger partial charge in [0.05, 0.1) is 0 Å². The maximum Gasteiger partial charge on any atom is 0.139 e. The number of Topliss-reactive ketones (excluding diaryl/α,β-unsaturated/α-hetero) is 1. The van der Waals surface area contributed by atoms with E-state index in [2.05, 4.69) is 19.9 Å². The number of hydrogen-bond acceptors (Lipinski definition) is 1. The summed E-state index contributed by atoms with van der Waals surface area (Å²) < 4.78 is 0. The molecule has 2 rings (SSSR count). The summed E-state index contributed by atoms with van der Waals surface area (Å²) in [6, 6.07) is 0. The lowest BCUT2D eigenvalue weighted by atomic mass is 9.58. The molecular weight excluding hydrogens is 160 g/mol. The van der Waals surface area contributed by atoms with Crippen LogP contribution >= 0.6 is 0 Å². The fraction of sp³-hybridized carbons (Fsp3) is 0.750. The molecule has 0 radical (unpaired) electrons. The molecule has 0 unspecified atom stereocenters. The molecular formula is C12H18O. The van der Waals surface area contributed by atoms with Gasteiger partial charge in [0.25, 0.3) is 0 Å². The molecule has 0 aromatic heterocycles. The summed E-state index contributed by atoms with van der Waals surface area (Å²) in [5.41, 5.74) is 1.56. The Kier molecular flexibility index (Phi) is 2.05. The van der Waals surface area contributed by atoms with Crippen LogP contribution in [0.2, 0.25) is 0 Å². The van der Waals surface area contributed by atoms with Crippen LogP contribution in [0.1, 0.15) is 46.0 Å². The zero-order valence-electron chi connectivity index (χ0n) is 8.60. The van der Waals surface area contributed by atoms with Crippen LogP contribution in [-0.4, -0.2) is 5.78 Å². The van der Waals surface area contributed by atoms with E-state index in [9.17, 15) is 4.79 Å². The lowest BCUT2D eigenvalue weighted by Crippen LogP contribution is -2.44. The fourth-order valence-electron chi connectivity index (χ4n) is 2.60. The van der Waals surface area contributed by atoms with Gasteiger partial charge in [-0.3, -0.25) is 4.79 Å². The molecule has 1 fully saturated rings. The average molecular weight is 178 g/mol. The van der Waals surface area contributed by atoms with Crippen molar-refractivity contribution in [2.45, 2.75) is 46.0 Å². The van der Waals surface area contributed by atoms with Crippen molar-refractivity contribution in [2.75, 3.05) is 0 Å². The van der Waals surface area contributed by atoms with Crippen molar-refractivity contribution in [1.29, 1.82) is 0 Å². The van der Waals surface area contributed by atoms with Crippen LogP contribution in [0.5, 0.6) is 0 Å². The Hall–Kier alpha value is -0.590. The number of rotatable bonds is 1. The van der Waals surface area contributed by atoms with Gasteiger partial charge in [0.15, 0.2) is 0 Å². The van der Waals surface area contributed by atoms with Crippen molar-refractivity contribution in [3.8, 4) is 0 Å². The molecule has 0 bridgehead atoms. The minimum Gasteiger partial charge on any atom is -0.299 e. The van der Waals surface area contributed by atoms with E-state index in [4.69, 9.17) is 0 Å². The van der Waals surface area contributed by atoms with Crippen molar-refractivity contribution in [3.05, 3.63) is 11.6 Å². The predicted molar refractivity (Wildman–Crippen MR) is 53.4 cm³/mol. The Morgan fingerprint density at radius 2 is 2.23 bits per heavy atom. The van der Waals surface area contributed by atoms with Crippen LogP contribution in [0.4, 0.5) is 0 Å². The van der Waals surface area contributed by atoms with Gasteiger partial charge >= 0.3 is 0 Å². The number of allylic oxidation sites excluding steroid dienone is 2. The molecule has 0 aromatic rings. The summed E-state index contributed by atoms with van der Waals surface area (Å²) in [6.07, 6.45) is 7.84. The van der Waals surface area contributed by atoms with Crippen molar-refractivity contribution in [2.24, 2.45) is 11.3 Å².